The second-order valence-corrected chi connectivity index (χ2v) is 10.3. The van der Waals surface area contributed by atoms with E-state index in [1.165, 1.54) is 25.7 Å². The fraction of sp³-hybridized carbons (Fsp3) is 0.913. The van der Waals surface area contributed by atoms with E-state index in [0.717, 1.165) is 70.6 Å². The Bertz CT molecular complexity index is 501. The molecule has 2 amide bonds. The maximum absolute atomic E-state index is 13.0. The van der Waals surface area contributed by atoms with Gasteiger partial charge in [-0.2, -0.15) is 0 Å². The van der Waals surface area contributed by atoms with Crippen molar-refractivity contribution < 1.29 is 9.59 Å². The Labute approximate surface area is 166 Å². The summed E-state index contributed by atoms with van der Waals surface area (Å²) in [6, 6.07) is 0. The van der Waals surface area contributed by atoms with Crippen molar-refractivity contribution in [1.29, 1.82) is 0 Å². The molecule has 0 radical (unpaired) electrons. The van der Waals surface area contributed by atoms with E-state index in [9.17, 15) is 9.59 Å². The van der Waals surface area contributed by atoms with Gasteiger partial charge in [-0.15, -0.1) is 0 Å². The smallest absolute Gasteiger partial charge is 0.225 e. The van der Waals surface area contributed by atoms with Crippen LogP contribution < -0.4 is 0 Å². The maximum atomic E-state index is 13.0. The minimum atomic E-state index is 0.142. The molecule has 1 aliphatic carbocycles. The third-order valence-electron chi connectivity index (χ3n) is 7.37. The number of hydrogen-bond donors (Lipinski definition) is 0. The lowest BCUT2D eigenvalue weighted by Gasteiger charge is -2.39. The molecule has 0 aromatic heterocycles. The largest absolute Gasteiger partial charge is 0.342 e. The van der Waals surface area contributed by atoms with Crippen molar-refractivity contribution in [3.05, 3.63) is 0 Å². The van der Waals surface area contributed by atoms with Gasteiger partial charge in [0.1, 0.15) is 0 Å². The van der Waals surface area contributed by atoms with Crippen LogP contribution in [0.2, 0.25) is 0 Å². The van der Waals surface area contributed by atoms with Crippen LogP contribution in [0.4, 0.5) is 0 Å². The highest BCUT2D eigenvalue weighted by molar-refractivity contribution is 5.81. The topological polar surface area (TPSA) is 40.6 Å². The molecule has 0 unspecified atom stereocenters. The zero-order valence-corrected chi connectivity index (χ0v) is 17.8. The van der Waals surface area contributed by atoms with E-state index in [-0.39, 0.29) is 11.8 Å². The molecule has 0 atom stereocenters. The third kappa shape index (κ3) is 5.26. The zero-order chi connectivity index (χ0) is 19.4. The summed E-state index contributed by atoms with van der Waals surface area (Å²) in [5.74, 6) is 1.83. The molecular formula is C23H40N2O2. The molecule has 2 saturated heterocycles. The molecule has 0 aromatic rings. The molecule has 154 valence electrons. The van der Waals surface area contributed by atoms with E-state index >= 15 is 0 Å². The standard InChI is InChI=1S/C23H40N2O2/c1-23(2,3)20-10-8-18(9-11-20)21(26)25-16-12-19(13-17-25)22(27)24-14-6-4-5-7-15-24/h18-20H,4-17H2,1-3H3. The van der Waals surface area contributed by atoms with Gasteiger partial charge in [0.25, 0.3) is 0 Å². The summed E-state index contributed by atoms with van der Waals surface area (Å²) in [6.07, 6.45) is 11.0. The monoisotopic (exact) mass is 376 g/mol. The van der Waals surface area contributed by atoms with Crippen LogP contribution in [0.5, 0.6) is 0 Å². The predicted octanol–water partition coefficient (Wildman–Crippen LogP) is 4.48. The Balaban J connectivity index is 1.45. The number of nitrogens with zero attached hydrogens (tertiary/aromatic N) is 2. The molecule has 4 heteroatoms. The minimum absolute atomic E-state index is 0.142. The van der Waals surface area contributed by atoms with E-state index in [0.29, 0.717) is 17.2 Å². The highest BCUT2D eigenvalue weighted by Gasteiger charge is 2.36. The summed E-state index contributed by atoms with van der Waals surface area (Å²) in [6.45, 7) is 10.4. The van der Waals surface area contributed by atoms with Crippen molar-refractivity contribution in [2.24, 2.45) is 23.2 Å². The van der Waals surface area contributed by atoms with Crippen molar-refractivity contribution in [1.82, 2.24) is 9.80 Å². The van der Waals surface area contributed by atoms with Gasteiger partial charge < -0.3 is 9.80 Å². The molecule has 2 heterocycles. The quantitative estimate of drug-likeness (QED) is 0.713. The van der Waals surface area contributed by atoms with Crippen LogP contribution >= 0.6 is 0 Å². The van der Waals surface area contributed by atoms with Gasteiger partial charge in [0, 0.05) is 38.0 Å². The lowest BCUT2D eigenvalue weighted by molar-refractivity contribution is -0.143. The van der Waals surface area contributed by atoms with Gasteiger partial charge in [-0.1, -0.05) is 33.6 Å². The summed E-state index contributed by atoms with van der Waals surface area (Å²) < 4.78 is 0. The first kappa shape index (κ1) is 20.7. The van der Waals surface area contributed by atoms with E-state index in [2.05, 4.69) is 30.6 Å². The normalized spacial score (nSPS) is 28.7. The van der Waals surface area contributed by atoms with Gasteiger partial charge in [-0.25, -0.2) is 0 Å². The van der Waals surface area contributed by atoms with Crippen molar-refractivity contribution in [2.75, 3.05) is 26.2 Å². The lowest BCUT2D eigenvalue weighted by Crippen LogP contribution is -2.46. The Morgan fingerprint density at radius 2 is 1.07 bits per heavy atom. The molecule has 0 aromatic carbocycles. The second kappa shape index (κ2) is 8.96. The maximum Gasteiger partial charge on any atom is 0.225 e. The van der Waals surface area contributed by atoms with Gasteiger partial charge in [0.2, 0.25) is 11.8 Å². The fourth-order valence-corrected chi connectivity index (χ4v) is 5.36. The SMILES string of the molecule is CC(C)(C)C1CCC(C(=O)N2CCC(C(=O)N3CCCCCC3)CC2)CC1. The summed E-state index contributed by atoms with van der Waals surface area (Å²) >= 11 is 0. The lowest BCUT2D eigenvalue weighted by atomic mass is 9.69. The first-order chi connectivity index (χ1) is 12.9. The summed E-state index contributed by atoms with van der Waals surface area (Å²) in [7, 11) is 0. The van der Waals surface area contributed by atoms with Crippen LogP contribution in [0.3, 0.4) is 0 Å². The average Bonchev–Trinajstić information content (AvgIpc) is 2.96. The van der Waals surface area contributed by atoms with E-state index in [1.807, 2.05) is 0 Å². The molecule has 3 fully saturated rings. The number of likely N-dealkylation sites (tertiary alicyclic amines) is 2. The molecule has 3 aliphatic rings. The number of amides is 2. The average molecular weight is 377 g/mol. The van der Waals surface area contributed by atoms with Crippen LogP contribution in [-0.4, -0.2) is 47.8 Å². The number of hydrogen-bond acceptors (Lipinski definition) is 2. The molecule has 2 aliphatic heterocycles. The van der Waals surface area contributed by atoms with Gasteiger partial charge in [-0.3, -0.25) is 9.59 Å². The Hall–Kier alpha value is -1.06. The highest BCUT2D eigenvalue weighted by atomic mass is 16.2. The molecular weight excluding hydrogens is 336 g/mol. The fourth-order valence-electron chi connectivity index (χ4n) is 5.36. The van der Waals surface area contributed by atoms with Crippen LogP contribution in [0.1, 0.15) is 85.0 Å². The number of rotatable bonds is 2. The molecule has 0 spiro atoms. The van der Waals surface area contributed by atoms with Crippen molar-refractivity contribution >= 4 is 11.8 Å². The van der Waals surface area contributed by atoms with E-state index < -0.39 is 0 Å². The summed E-state index contributed by atoms with van der Waals surface area (Å²) in [5.41, 5.74) is 0.361. The van der Waals surface area contributed by atoms with Crippen LogP contribution in [0, 0.1) is 23.2 Å². The van der Waals surface area contributed by atoms with Gasteiger partial charge >= 0.3 is 0 Å². The van der Waals surface area contributed by atoms with Crippen LogP contribution in [0.15, 0.2) is 0 Å². The molecule has 0 bridgehead atoms. The Morgan fingerprint density at radius 1 is 0.630 bits per heavy atom. The minimum Gasteiger partial charge on any atom is -0.342 e. The molecule has 3 rings (SSSR count). The van der Waals surface area contributed by atoms with Crippen LogP contribution in [0.25, 0.3) is 0 Å². The van der Waals surface area contributed by atoms with E-state index in [4.69, 9.17) is 0 Å². The highest BCUT2D eigenvalue weighted by Crippen LogP contribution is 2.40. The molecule has 0 N–H and O–H groups in total. The number of carbonyl (C=O) groups excluding carboxylic acids is 2. The molecule has 27 heavy (non-hydrogen) atoms. The first-order valence-electron chi connectivity index (χ1n) is 11.4. The second-order valence-electron chi connectivity index (χ2n) is 10.3. The van der Waals surface area contributed by atoms with Gasteiger partial charge in [0.15, 0.2) is 0 Å². The molecule has 4 nitrogen and oxygen atoms in total. The first-order valence-corrected chi connectivity index (χ1v) is 11.4. The number of piperidine rings is 1. The predicted molar refractivity (Wildman–Crippen MR) is 109 cm³/mol. The van der Waals surface area contributed by atoms with Gasteiger partial charge in [-0.05, 0) is 62.7 Å². The van der Waals surface area contributed by atoms with E-state index in [1.54, 1.807) is 0 Å². The molecule has 1 saturated carbocycles. The zero-order valence-electron chi connectivity index (χ0n) is 17.8. The summed E-state index contributed by atoms with van der Waals surface area (Å²) in [4.78, 5) is 30.0. The Morgan fingerprint density at radius 3 is 1.56 bits per heavy atom. The Kier molecular flexibility index (Phi) is 6.86. The van der Waals surface area contributed by atoms with Crippen molar-refractivity contribution in [3.63, 3.8) is 0 Å². The van der Waals surface area contributed by atoms with Crippen molar-refractivity contribution in [2.45, 2.75) is 85.0 Å². The number of carbonyl (C=O) groups is 2. The third-order valence-corrected chi connectivity index (χ3v) is 7.37. The van der Waals surface area contributed by atoms with Crippen LogP contribution in [-0.2, 0) is 9.59 Å². The van der Waals surface area contributed by atoms with Crippen molar-refractivity contribution in [3.8, 4) is 0 Å². The van der Waals surface area contributed by atoms with Gasteiger partial charge in [0.05, 0.1) is 0 Å². The summed E-state index contributed by atoms with van der Waals surface area (Å²) in [5, 5.41) is 0.